The summed E-state index contributed by atoms with van der Waals surface area (Å²) < 4.78 is 16.9. The van der Waals surface area contributed by atoms with Crippen LogP contribution in [-0.4, -0.2) is 11.4 Å². The summed E-state index contributed by atoms with van der Waals surface area (Å²) in [5, 5.41) is 0. The van der Waals surface area contributed by atoms with Gasteiger partial charge in [0.25, 0.3) is 0 Å². The third-order valence-electron chi connectivity index (χ3n) is 4.41. The summed E-state index contributed by atoms with van der Waals surface area (Å²) in [6.45, 7) is 2.68. The number of hydrogen-bond donors (Lipinski definition) is 0. The Morgan fingerprint density at radius 1 is 1.00 bits per heavy atom. The van der Waals surface area contributed by atoms with E-state index in [2.05, 4.69) is 43.0 Å². The van der Waals surface area contributed by atoms with Crippen molar-refractivity contribution in [3.8, 4) is 0 Å². The molecule has 1 atom stereocenters. The van der Waals surface area contributed by atoms with Gasteiger partial charge in [0, 0.05) is 17.9 Å². The van der Waals surface area contributed by atoms with E-state index in [1.807, 2.05) is 41.3 Å². The lowest BCUT2D eigenvalue weighted by Gasteiger charge is -2.34. The smallest absolute Gasteiger partial charge is 0.133 e. The number of nitrogens with zero attached hydrogens (tertiary/aromatic N) is 2. The molecule has 0 aromatic heterocycles. The number of allylic oxidation sites excluding steroid dienone is 2. The van der Waals surface area contributed by atoms with Crippen molar-refractivity contribution in [1.29, 1.82) is 0 Å². The van der Waals surface area contributed by atoms with Crippen molar-refractivity contribution < 1.29 is 2.74 Å². The lowest BCUT2D eigenvalue weighted by Crippen LogP contribution is -2.32. The van der Waals surface area contributed by atoms with E-state index in [1.54, 1.807) is 6.08 Å². The number of fused-ring (bicyclic) bond motifs is 1. The maximum Gasteiger partial charge on any atom is 0.133 e. The second-order valence-corrected chi connectivity index (χ2v) is 5.74. The summed E-state index contributed by atoms with van der Waals surface area (Å²) in [5.74, 6) is 0. The Balaban J connectivity index is 1.92. The van der Waals surface area contributed by atoms with Crippen molar-refractivity contribution in [3.05, 3.63) is 89.3 Å². The molecule has 2 aromatic rings. The van der Waals surface area contributed by atoms with Crippen LogP contribution in [0.3, 0.4) is 0 Å². The lowest BCUT2D eigenvalue weighted by atomic mass is 10.1. The van der Waals surface area contributed by atoms with E-state index < -0.39 is 6.50 Å². The fraction of sp³-hybridized carbons (Fsp3) is 0.200. The third kappa shape index (κ3) is 1.87. The molecule has 2 aromatic carbocycles. The van der Waals surface area contributed by atoms with Crippen molar-refractivity contribution >= 4 is 5.69 Å². The van der Waals surface area contributed by atoms with Gasteiger partial charge in [-0.3, -0.25) is 0 Å². The van der Waals surface area contributed by atoms with Gasteiger partial charge in [-0.15, -0.1) is 0 Å². The third-order valence-corrected chi connectivity index (χ3v) is 4.41. The van der Waals surface area contributed by atoms with Crippen LogP contribution in [-0.2, 0) is 0 Å². The molecule has 0 saturated heterocycles. The maximum absolute atomic E-state index is 8.43. The van der Waals surface area contributed by atoms with Crippen LogP contribution in [0.4, 0.5) is 5.69 Å². The summed E-state index contributed by atoms with van der Waals surface area (Å²) in [5.41, 5.74) is 5.43. The summed E-state index contributed by atoms with van der Waals surface area (Å²) in [6.07, 6.45) is 3.37. The highest BCUT2D eigenvalue weighted by molar-refractivity contribution is 5.63. The van der Waals surface area contributed by atoms with Crippen LogP contribution in [0.1, 0.15) is 27.0 Å². The SMILES string of the molecule is [2H]C1([2H])C=CC2=C(C)N(c3ccccc3C)C(c3ccccc3)N21. The van der Waals surface area contributed by atoms with E-state index in [1.165, 1.54) is 5.56 Å². The van der Waals surface area contributed by atoms with E-state index in [4.69, 9.17) is 2.74 Å². The van der Waals surface area contributed by atoms with Crippen LogP contribution < -0.4 is 4.90 Å². The number of aryl methyl sites for hydroxylation is 1. The average Bonchev–Trinajstić information content (AvgIpc) is 3.05. The number of rotatable bonds is 2. The van der Waals surface area contributed by atoms with Gasteiger partial charge in [-0.25, -0.2) is 0 Å². The van der Waals surface area contributed by atoms with Gasteiger partial charge in [0.2, 0.25) is 0 Å². The first kappa shape index (κ1) is 11.1. The molecule has 2 nitrogen and oxygen atoms in total. The molecule has 0 aliphatic carbocycles. The Bertz CT molecular complexity index is 840. The van der Waals surface area contributed by atoms with E-state index >= 15 is 0 Å². The van der Waals surface area contributed by atoms with Crippen LogP contribution in [0.5, 0.6) is 0 Å². The number of anilines is 1. The maximum atomic E-state index is 8.43. The molecule has 0 N–H and O–H groups in total. The Morgan fingerprint density at radius 3 is 2.50 bits per heavy atom. The molecule has 0 saturated carbocycles. The molecule has 0 amide bonds. The Morgan fingerprint density at radius 2 is 1.73 bits per heavy atom. The molecule has 0 spiro atoms. The first-order valence-electron chi connectivity index (χ1n) is 8.60. The van der Waals surface area contributed by atoms with Crippen LogP contribution in [0, 0.1) is 6.92 Å². The Hall–Kier alpha value is -2.48. The van der Waals surface area contributed by atoms with Crippen LogP contribution in [0.2, 0.25) is 0 Å². The fourth-order valence-electron chi connectivity index (χ4n) is 3.34. The standard InChI is InChI=1S/C20H20N2/c1-15-9-6-7-12-18(15)22-16(2)19-13-8-14-21(19)20(22)17-10-4-3-5-11-17/h3-13,20H,14H2,1-2H3/i14D2. The molecule has 22 heavy (non-hydrogen) atoms. The zero-order valence-corrected chi connectivity index (χ0v) is 12.8. The summed E-state index contributed by atoms with van der Waals surface area (Å²) in [4.78, 5) is 4.13. The second kappa shape index (κ2) is 5.06. The number of para-hydroxylation sites is 1. The molecule has 0 fully saturated rings. The van der Waals surface area contributed by atoms with Crippen molar-refractivity contribution in [3.63, 3.8) is 0 Å². The zero-order chi connectivity index (χ0) is 16.9. The normalized spacial score (nSPS) is 23.6. The summed E-state index contributed by atoms with van der Waals surface area (Å²) >= 11 is 0. The highest BCUT2D eigenvalue weighted by Crippen LogP contribution is 2.45. The van der Waals surface area contributed by atoms with Gasteiger partial charge < -0.3 is 9.80 Å². The van der Waals surface area contributed by atoms with Crippen molar-refractivity contribution in [1.82, 2.24) is 4.90 Å². The minimum atomic E-state index is -1.49. The van der Waals surface area contributed by atoms with E-state index in [-0.39, 0.29) is 6.17 Å². The topological polar surface area (TPSA) is 6.48 Å². The molecule has 1 unspecified atom stereocenters. The average molecular weight is 290 g/mol. The fourth-order valence-corrected chi connectivity index (χ4v) is 3.34. The number of hydrogen-bond acceptors (Lipinski definition) is 2. The molecule has 2 heterocycles. The molecule has 0 bridgehead atoms. The zero-order valence-electron chi connectivity index (χ0n) is 14.8. The molecule has 0 radical (unpaired) electrons. The Kier molecular flexibility index (Phi) is 2.56. The Labute approximate surface area is 134 Å². The molecule has 4 rings (SSSR count). The highest BCUT2D eigenvalue weighted by Gasteiger charge is 2.38. The minimum absolute atomic E-state index is 0.188. The van der Waals surface area contributed by atoms with Crippen LogP contribution >= 0.6 is 0 Å². The van der Waals surface area contributed by atoms with Crippen LogP contribution in [0.25, 0.3) is 0 Å². The van der Waals surface area contributed by atoms with Gasteiger partial charge in [-0.1, -0.05) is 54.6 Å². The van der Waals surface area contributed by atoms with Gasteiger partial charge in [0.05, 0.1) is 8.44 Å². The summed E-state index contributed by atoms with van der Waals surface area (Å²) in [6, 6.07) is 18.4. The van der Waals surface area contributed by atoms with Crippen molar-refractivity contribution in [2.45, 2.75) is 20.0 Å². The molecule has 2 heteroatoms. The monoisotopic (exact) mass is 290 g/mol. The van der Waals surface area contributed by atoms with Crippen molar-refractivity contribution in [2.24, 2.45) is 0 Å². The quantitative estimate of drug-likeness (QED) is 0.796. The highest BCUT2D eigenvalue weighted by atomic mass is 15.4. The van der Waals surface area contributed by atoms with E-state index in [0.29, 0.717) is 0 Å². The molecule has 2 aliphatic heterocycles. The van der Waals surface area contributed by atoms with Crippen LogP contribution in [0.15, 0.2) is 78.1 Å². The lowest BCUT2D eigenvalue weighted by molar-refractivity contribution is 0.330. The largest absolute Gasteiger partial charge is 0.342 e. The predicted octanol–water partition coefficient (Wildman–Crippen LogP) is 4.62. The minimum Gasteiger partial charge on any atom is -0.342 e. The van der Waals surface area contributed by atoms with Gasteiger partial charge in [0.15, 0.2) is 0 Å². The van der Waals surface area contributed by atoms with Crippen molar-refractivity contribution in [2.75, 3.05) is 11.4 Å². The van der Waals surface area contributed by atoms with Gasteiger partial charge in [-0.05, 0) is 37.1 Å². The molecule has 110 valence electrons. The summed E-state index contributed by atoms with van der Waals surface area (Å²) in [7, 11) is 0. The van der Waals surface area contributed by atoms with E-state index in [9.17, 15) is 0 Å². The predicted molar refractivity (Wildman–Crippen MR) is 91.4 cm³/mol. The number of benzene rings is 2. The first-order valence-corrected chi connectivity index (χ1v) is 7.60. The molecule has 2 aliphatic rings. The second-order valence-electron chi connectivity index (χ2n) is 5.74. The molecular weight excluding hydrogens is 268 g/mol. The van der Waals surface area contributed by atoms with Gasteiger partial charge in [-0.2, -0.15) is 0 Å². The van der Waals surface area contributed by atoms with Gasteiger partial charge >= 0.3 is 0 Å². The first-order chi connectivity index (χ1) is 11.5. The van der Waals surface area contributed by atoms with Gasteiger partial charge in [0.1, 0.15) is 6.17 Å². The van der Waals surface area contributed by atoms with E-state index in [0.717, 1.165) is 22.6 Å². The molecular formula is C20H20N2.